The van der Waals surface area contributed by atoms with Gasteiger partial charge in [-0.3, -0.25) is 0 Å². The largest absolute Gasteiger partial charge is 0.469 e. The quantitative estimate of drug-likeness (QED) is 0.761. The second-order valence-corrected chi connectivity index (χ2v) is 5.77. The maximum atomic E-state index is 13.0. The second kappa shape index (κ2) is 6.56. The minimum Gasteiger partial charge on any atom is -0.469 e. The molecule has 0 spiro atoms. The third kappa shape index (κ3) is 4.52. The van der Waals surface area contributed by atoms with E-state index >= 15 is 0 Å². The lowest BCUT2D eigenvalue weighted by atomic mass is 10.1. The number of furan rings is 1. The third-order valence-corrected chi connectivity index (χ3v) is 3.59. The van der Waals surface area contributed by atoms with Crippen LogP contribution in [0.2, 0.25) is 0 Å². The molecule has 0 radical (unpaired) electrons. The number of rotatable bonds is 5. The van der Waals surface area contributed by atoms with Gasteiger partial charge < -0.3 is 9.73 Å². The van der Waals surface area contributed by atoms with Crippen molar-refractivity contribution >= 4 is 21.6 Å². The van der Waals surface area contributed by atoms with E-state index in [2.05, 4.69) is 21.2 Å². The number of anilines is 1. The fourth-order valence-corrected chi connectivity index (χ4v) is 2.40. The van der Waals surface area contributed by atoms with Crippen molar-refractivity contribution in [3.63, 3.8) is 0 Å². The van der Waals surface area contributed by atoms with Gasteiger partial charge >= 0.3 is 6.18 Å². The van der Waals surface area contributed by atoms with E-state index in [1.165, 1.54) is 12.1 Å². The monoisotopic (exact) mass is 361 g/mol. The van der Waals surface area contributed by atoms with Gasteiger partial charge in [-0.05, 0) is 43.7 Å². The zero-order valence-electron chi connectivity index (χ0n) is 11.4. The Hall–Kier alpha value is -1.43. The lowest BCUT2D eigenvalue weighted by Crippen LogP contribution is -2.19. The Morgan fingerprint density at radius 3 is 2.67 bits per heavy atom. The Kier molecular flexibility index (Phi) is 4.98. The summed E-state index contributed by atoms with van der Waals surface area (Å²) in [5.41, 5.74) is -0.570. The van der Waals surface area contributed by atoms with Gasteiger partial charge in [0.2, 0.25) is 0 Å². The van der Waals surface area contributed by atoms with Gasteiger partial charge in [-0.1, -0.05) is 15.9 Å². The average molecular weight is 362 g/mol. The molecule has 0 aliphatic rings. The molecular weight excluding hydrogens is 347 g/mol. The first-order chi connectivity index (χ1) is 9.86. The number of hydrogen-bond donors (Lipinski definition) is 1. The number of nitrogens with one attached hydrogen (secondary N) is 1. The van der Waals surface area contributed by atoms with Gasteiger partial charge in [0.1, 0.15) is 5.76 Å². The van der Waals surface area contributed by atoms with Gasteiger partial charge in [0.25, 0.3) is 0 Å². The summed E-state index contributed by atoms with van der Waals surface area (Å²) in [4.78, 5) is 0. The fraction of sp³-hybridized carbons (Fsp3) is 0.333. The predicted molar refractivity (Wildman–Crippen MR) is 79.3 cm³/mol. The summed E-state index contributed by atoms with van der Waals surface area (Å²) in [5, 5.41) is 2.93. The Balaban J connectivity index is 2.05. The summed E-state index contributed by atoms with van der Waals surface area (Å²) in [6.45, 7) is 1.85. The number of aryl methyl sites for hydroxylation is 1. The van der Waals surface area contributed by atoms with Gasteiger partial charge in [-0.25, -0.2) is 0 Å². The van der Waals surface area contributed by atoms with Crippen LogP contribution in [0.4, 0.5) is 18.9 Å². The molecule has 0 saturated carbocycles. The van der Waals surface area contributed by atoms with Crippen LogP contribution in [0.1, 0.15) is 24.7 Å². The van der Waals surface area contributed by atoms with E-state index < -0.39 is 11.7 Å². The first kappa shape index (κ1) is 15.9. The van der Waals surface area contributed by atoms with Gasteiger partial charge in [0.05, 0.1) is 11.8 Å². The lowest BCUT2D eigenvalue weighted by Gasteiger charge is -2.19. The summed E-state index contributed by atoms with van der Waals surface area (Å²) in [7, 11) is 0. The van der Waals surface area contributed by atoms with Crippen molar-refractivity contribution in [2.45, 2.75) is 32.0 Å². The molecule has 0 saturated heterocycles. The van der Waals surface area contributed by atoms with Crippen molar-refractivity contribution in [3.8, 4) is 0 Å². The molecule has 21 heavy (non-hydrogen) atoms. The Morgan fingerprint density at radius 1 is 1.29 bits per heavy atom. The van der Waals surface area contributed by atoms with Gasteiger partial charge in [-0.15, -0.1) is 0 Å². The molecule has 1 N–H and O–H groups in total. The highest BCUT2D eigenvalue weighted by Crippen LogP contribution is 2.36. The summed E-state index contributed by atoms with van der Waals surface area (Å²) >= 11 is 3.20. The maximum Gasteiger partial charge on any atom is 0.418 e. The Bertz CT molecular complexity index is 581. The molecule has 0 amide bonds. The summed E-state index contributed by atoms with van der Waals surface area (Å²) < 4.78 is 44.7. The van der Waals surface area contributed by atoms with Gasteiger partial charge in [-0.2, -0.15) is 13.2 Å². The van der Waals surface area contributed by atoms with Gasteiger partial charge in [0, 0.05) is 22.6 Å². The molecule has 1 aromatic carbocycles. The molecule has 1 unspecified atom stereocenters. The van der Waals surface area contributed by atoms with E-state index in [0.29, 0.717) is 17.3 Å². The summed E-state index contributed by atoms with van der Waals surface area (Å²) in [6, 6.07) is 7.46. The highest BCUT2D eigenvalue weighted by atomic mass is 79.9. The highest BCUT2D eigenvalue weighted by molar-refractivity contribution is 9.10. The fourth-order valence-electron chi connectivity index (χ4n) is 2.03. The molecule has 2 nitrogen and oxygen atoms in total. The van der Waals surface area contributed by atoms with E-state index in [0.717, 1.165) is 11.8 Å². The highest BCUT2D eigenvalue weighted by Gasteiger charge is 2.33. The van der Waals surface area contributed by atoms with Crippen molar-refractivity contribution < 1.29 is 17.6 Å². The van der Waals surface area contributed by atoms with Crippen LogP contribution in [0.5, 0.6) is 0 Å². The van der Waals surface area contributed by atoms with Crippen molar-refractivity contribution in [2.75, 3.05) is 5.32 Å². The van der Waals surface area contributed by atoms with Crippen LogP contribution in [0.25, 0.3) is 0 Å². The zero-order chi connectivity index (χ0) is 15.5. The average Bonchev–Trinajstić information content (AvgIpc) is 2.88. The van der Waals surface area contributed by atoms with Crippen LogP contribution in [0.15, 0.2) is 45.5 Å². The minimum atomic E-state index is -4.37. The molecule has 2 rings (SSSR count). The topological polar surface area (TPSA) is 25.2 Å². The molecule has 1 aromatic heterocycles. The van der Waals surface area contributed by atoms with Gasteiger partial charge in [0.15, 0.2) is 0 Å². The number of hydrogen-bond acceptors (Lipinski definition) is 2. The molecular formula is C15H15BrF3NO. The first-order valence-corrected chi connectivity index (χ1v) is 7.31. The van der Waals surface area contributed by atoms with Crippen molar-refractivity contribution in [2.24, 2.45) is 0 Å². The minimum absolute atomic E-state index is 0.0869. The molecule has 2 aromatic rings. The Morgan fingerprint density at radius 2 is 2.05 bits per heavy atom. The van der Waals surface area contributed by atoms with Crippen molar-refractivity contribution in [1.82, 2.24) is 0 Å². The van der Waals surface area contributed by atoms with Crippen LogP contribution in [0, 0.1) is 0 Å². The second-order valence-electron chi connectivity index (χ2n) is 4.85. The van der Waals surface area contributed by atoms with E-state index in [4.69, 9.17) is 4.42 Å². The zero-order valence-corrected chi connectivity index (χ0v) is 13.0. The predicted octanol–water partition coefficient (Wildman–Crippen LogP) is 5.49. The third-order valence-electron chi connectivity index (χ3n) is 3.09. The van der Waals surface area contributed by atoms with Crippen LogP contribution >= 0.6 is 15.9 Å². The van der Waals surface area contributed by atoms with Crippen molar-refractivity contribution in [1.29, 1.82) is 0 Å². The first-order valence-electron chi connectivity index (χ1n) is 6.52. The summed E-state index contributed by atoms with van der Waals surface area (Å²) in [6.07, 6.45) is -1.43. The molecule has 1 atom stereocenters. The van der Waals surface area contributed by atoms with Crippen LogP contribution in [-0.4, -0.2) is 6.04 Å². The standard InChI is InChI=1S/C15H15BrF3NO/c1-10(4-6-12-3-2-8-21-12)20-14-9-11(16)5-7-13(14)15(17,18)19/h2-3,5,7-10,20H,4,6H2,1H3. The smallest absolute Gasteiger partial charge is 0.418 e. The molecule has 1 heterocycles. The normalized spacial score (nSPS) is 13.2. The van der Waals surface area contributed by atoms with Crippen molar-refractivity contribution in [3.05, 3.63) is 52.4 Å². The molecule has 6 heteroatoms. The van der Waals surface area contributed by atoms with Crippen LogP contribution in [-0.2, 0) is 12.6 Å². The SMILES string of the molecule is CC(CCc1ccco1)Nc1cc(Br)ccc1C(F)(F)F. The maximum absolute atomic E-state index is 13.0. The van der Waals surface area contributed by atoms with E-state index in [1.807, 2.05) is 13.0 Å². The molecule has 0 aliphatic heterocycles. The van der Waals surface area contributed by atoms with Crippen LogP contribution in [0.3, 0.4) is 0 Å². The Labute approximate surface area is 129 Å². The lowest BCUT2D eigenvalue weighted by molar-refractivity contribution is -0.137. The van der Waals surface area contributed by atoms with E-state index in [1.54, 1.807) is 12.3 Å². The molecule has 0 aliphatic carbocycles. The molecule has 0 fully saturated rings. The van der Waals surface area contributed by atoms with E-state index in [-0.39, 0.29) is 11.7 Å². The number of benzene rings is 1. The van der Waals surface area contributed by atoms with Crippen LogP contribution < -0.4 is 5.32 Å². The molecule has 114 valence electrons. The number of halogens is 4. The molecule has 0 bridgehead atoms. The number of alkyl halides is 3. The summed E-state index contributed by atoms with van der Waals surface area (Å²) in [5.74, 6) is 0.828. The van der Waals surface area contributed by atoms with E-state index in [9.17, 15) is 13.2 Å².